The number of nitrogens with zero attached hydrogens (tertiary/aromatic N) is 4. The number of hydrogen-bond donors (Lipinski definition) is 1. The van der Waals surface area contributed by atoms with Crippen molar-refractivity contribution < 1.29 is 0 Å². The molecule has 0 amide bonds. The molecule has 0 saturated heterocycles. The molecule has 0 aliphatic rings. The number of hydrogen-bond acceptors (Lipinski definition) is 3. The van der Waals surface area contributed by atoms with Gasteiger partial charge in [0, 0.05) is 26.7 Å². The molecule has 0 saturated carbocycles. The molecule has 1 unspecified atom stereocenters. The van der Waals surface area contributed by atoms with Crippen molar-refractivity contribution in [2.75, 3.05) is 6.54 Å². The van der Waals surface area contributed by atoms with Crippen LogP contribution in [0.25, 0.3) is 0 Å². The fourth-order valence-electron chi connectivity index (χ4n) is 2.54. The van der Waals surface area contributed by atoms with E-state index in [4.69, 9.17) is 0 Å². The van der Waals surface area contributed by atoms with Crippen LogP contribution in [-0.2, 0) is 26.9 Å². The lowest BCUT2D eigenvalue weighted by Crippen LogP contribution is -2.26. The van der Waals surface area contributed by atoms with Gasteiger partial charge in [0.25, 0.3) is 0 Å². The Hall–Kier alpha value is -1.14. The van der Waals surface area contributed by atoms with Crippen molar-refractivity contribution in [1.82, 2.24) is 24.6 Å². The van der Waals surface area contributed by atoms with Gasteiger partial charge in [-0.1, -0.05) is 13.8 Å². The minimum absolute atomic E-state index is 0.244. The first-order valence-corrected chi connectivity index (χ1v) is 8.27. The first-order valence-electron chi connectivity index (χ1n) is 7.48. The molecule has 0 aliphatic heterocycles. The average molecular weight is 354 g/mol. The minimum Gasteiger partial charge on any atom is -0.336 e. The van der Waals surface area contributed by atoms with Crippen LogP contribution in [0, 0.1) is 0 Å². The van der Waals surface area contributed by atoms with E-state index in [1.54, 1.807) is 0 Å². The summed E-state index contributed by atoms with van der Waals surface area (Å²) in [7, 11) is 4.05. The Kier molecular flexibility index (Phi) is 5.58. The van der Waals surface area contributed by atoms with Crippen LogP contribution in [0.3, 0.4) is 0 Å². The summed E-state index contributed by atoms with van der Waals surface area (Å²) < 4.78 is 5.20. The highest BCUT2D eigenvalue weighted by Gasteiger charge is 2.20. The second kappa shape index (κ2) is 7.22. The highest BCUT2D eigenvalue weighted by Crippen LogP contribution is 2.26. The summed E-state index contributed by atoms with van der Waals surface area (Å²) in [6.45, 7) is 5.30. The summed E-state index contributed by atoms with van der Waals surface area (Å²) in [5.74, 6) is 0. The first-order chi connectivity index (χ1) is 10.1. The molecule has 116 valence electrons. The fourth-order valence-corrected chi connectivity index (χ4v) is 3.32. The molecule has 5 nitrogen and oxygen atoms in total. The van der Waals surface area contributed by atoms with Crippen LogP contribution in [0.5, 0.6) is 0 Å². The highest BCUT2D eigenvalue weighted by atomic mass is 79.9. The van der Waals surface area contributed by atoms with E-state index in [1.165, 1.54) is 11.4 Å². The summed E-state index contributed by atoms with van der Waals surface area (Å²) in [6.07, 6.45) is 6.74. The molecule has 6 heteroatoms. The molecule has 0 aromatic carbocycles. The Morgan fingerprint density at radius 3 is 2.62 bits per heavy atom. The predicted octanol–water partition coefficient (Wildman–Crippen LogP) is 2.76. The van der Waals surface area contributed by atoms with Gasteiger partial charge < -0.3 is 9.88 Å². The van der Waals surface area contributed by atoms with Crippen LogP contribution < -0.4 is 5.32 Å². The van der Waals surface area contributed by atoms with Gasteiger partial charge >= 0.3 is 0 Å². The SMILES string of the molecule is CCCNC(Cc1c(Br)c(CC)nn1C)c1cncn1C. The van der Waals surface area contributed by atoms with Gasteiger partial charge in [0.2, 0.25) is 0 Å². The third-order valence-electron chi connectivity index (χ3n) is 3.75. The van der Waals surface area contributed by atoms with Crippen LogP contribution in [-0.4, -0.2) is 25.9 Å². The second-order valence-corrected chi connectivity index (χ2v) is 6.12. The maximum absolute atomic E-state index is 4.59. The fraction of sp³-hybridized carbons (Fsp3) is 0.600. The van der Waals surface area contributed by atoms with Crippen molar-refractivity contribution in [3.63, 3.8) is 0 Å². The van der Waals surface area contributed by atoms with Crippen LogP contribution in [0.2, 0.25) is 0 Å². The van der Waals surface area contributed by atoms with E-state index >= 15 is 0 Å². The second-order valence-electron chi connectivity index (χ2n) is 5.32. The summed E-state index contributed by atoms with van der Waals surface area (Å²) in [5.41, 5.74) is 3.54. The topological polar surface area (TPSA) is 47.7 Å². The van der Waals surface area contributed by atoms with E-state index < -0.39 is 0 Å². The largest absolute Gasteiger partial charge is 0.336 e. The summed E-state index contributed by atoms with van der Waals surface area (Å²) in [5, 5.41) is 8.21. The molecule has 1 N–H and O–H groups in total. The molecule has 2 heterocycles. The molecule has 21 heavy (non-hydrogen) atoms. The van der Waals surface area contributed by atoms with E-state index in [0.717, 1.165) is 36.0 Å². The van der Waals surface area contributed by atoms with Crippen LogP contribution in [0.1, 0.15) is 43.4 Å². The van der Waals surface area contributed by atoms with E-state index in [1.807, 2.05) is 31.3 Å². The maximum Gasteiger partial charge on any atom is 0.0946 e. The van der Waals surface area contributed by atoms with Gasteiger partial charge in [-0.2, -0.15) is 5.10 Å². The number of nitrogens with one attached hydrogen (secondary N) is 1. The van der Waals surface area contributed by atoms with Crippen molar-refractivity contribution >= 4 is 15.9 Å². The number of imidazole rings is 1. The first kappa shape index (κ1) is 16.2. The van der Waals surface area contributed by atoms with Gasteiger partial charge in [-0.3, -0.25) is 4.68 Å². The Balaban J connectivity index is 2.27. The zero-order valence-corrected chi connectivity index (χ0v) is 14.8. The van der Waals surface area contributed by atoms with E-state index in [9.17, 15) is 0 Å². The van der Waals surface area contributed by atoms with Crippen LogP contribution in [0.15, 0.2) is 17.0 Å². The number of halogens is 1. The van der Waals surface area contributed by atoms with Crippen molar-refractivity contribution in [2.45, 2.75) is 39.2 Å². The summed E-state index contributed by atoms with van der Waals surface area (Å²) >= 11 is 3.71. The van der Waals surface area contributed by atoms with Crippen LogP contribution >= 0.6 is 15.9 Å². The van der Waals surface area contributed by atoms with E-state index in [-0.39, 0.29) is 6.04 Å². The lowest BCUT2D eigenvalue weighted by atomic mass is 10.1. The molecule has 0 spiro atoms. The Bertz CT molecular complexity index is 587. The summed E-state index contributed by atoms with van der Waals surface area (Å²) in [6, 6.07) is 0.244. The van der Waals surface area contributed by atoms with E-state index in [0.29, 0.717) is 0 Å². The average Bonchev–Trinajstić information content (AvgIpc) is 3.00. The van der Waals surface area contributed by atoms with Crippen molar-refractivity contribution in [3.05, 3.63) is 34.1 Å². The Labute approximate surface area is 134 Å². The molecule has 0 radical (unpaired) electrons. The lowest BCUT2D eigenvalue weighted by molar-refractivity contribution is 0.489. The normalized spacial score (nSPS) is 12.8. The molecule has 0 fully saturated rings. The molecular weight excluding hydrogens is 330 g/mol. The predicted molar refractivity (Wildman–Crippen MR) is 88.2 cm³/mol. The molecule has 0 aliphatic carbocycles. The monoisotopic (exact) mass is 353 g/mol. The molecule has 2 aromatic rings. The van der Waals surface area contributed by atoms with Crippen molar-refractivity contribution in [1.29, 1.82) is 0 Å². The standard InChI is InChI=1S/C15H24BrN5/c1-5-7-18-12(14-9-17-10-20(14)3)8-13-15(16)11(6-2)19-21(13)4/h9-10,12,18H,5-8H2,1-4H3. The number of rotatable bonds is 7. The van der Waals surface area contributed by atoms with Gasteiger partial charge in [0.1, 0.15) is 0 Å². The van der Waals surface area contributed by atoms with Gasteiger partial charge in [-0.05, 0) is 35.3 Å². The smallest absolute Gasteiger partial charge is 0.0946 e. The molecule has 0 bridgehead atoms. The lowest BCUT2D eigenvalue weighted by Gasteiger charge is -2.19. The van der Waals surface area contributed by atoms with Crippen LogP contribution in [0.4, 0.5) is 0 Å². The van der Waals surface area contributed by atoms with E-state index in [2.05, 4.69) is 49.7 Å². The zero-order chi connectivity index (χ0) is 15.4. The molecule has 2 aromatic heterocycles. The number of aryl methyl sites for hydroxylation is 3. The zero-order valence-electron chi connectivity index (χ0n) is 13.2. The van der Waals surface area contributed by atoms with Crippen molar-refractivity contribution in [2.24, 2.45) is 14.1 Å². The quantitative estimate of drug-likeness (QED) is 0.832. The third-order valence-corrected chi connectivity index (χ3v) is 4.67. The Morgan fingerprint density at radius 2 is 2.10 bits per heavy atom. The molecule has 2 rings (SSSR count). The highest BCUT2D eigenvalue weighted by molar-refractivity contribution is 9.10. The van der Waals surface area contributed by atoms with Gasteiger partial charge in [0.15, 0.2) is 0 Å². The minimum atomic E-state index is 0.244. The third kappa shape index (κ3) is 3.55. The molecular formula is C15H24BrN5. The van der Waals surface area contributed by atoms with Crippen molar-refractivity contribution in [3.8, 4) is 0 Å². The summed E-state index contributed by atoms with van der Waals surface area (Å²) in [4.78, 5) is 4.25. The number of aromatic nitrogens is 4. The van der Waals surface area contributed by atoms with Gasteiger partial charge in [-0.15, -0.1) is 0 Å². The molecule has 1 atom stereocenters. The maximum atomic E-state index is 4.59. The van der Waals surface area contributed by atoms with Gasteiger partial charge in [0.05, 0.1) is 33.9 Å². The Morgan fingerprint density at radius 1 is 1.33 bits per heavy atom. The van der Waals surface area contributed by atoms with Gasteiger partial charge in [-0.25, -0.2) is 4.98 Å².